The van der Waals surface area contributed by atoms with Gasteiger partial charge in [0.2, 0.25) is 0 Å². The van der Waals surface area contributed by atoms with Gasteiger partial charge in [-0.2, -0.15) is 0 Å². The summed E-state index contributed by atoms with van der Waals surface area (Å²) in [6.45, 7) is 5.76. The highest BCUT2D eigenvalue weighted by molar-refractivity contribution is 5.58. The van der Waals surface area contributed by atoms with Crippen molar-refractivity contribution >= 4 is 5.69 Å². The Morgan fingerprint density at radius 3 is 2.55 bits per heavy atom. The zero-order valence-corrected chi connectivity index (χ0v) is 13.0. The van der Waals surface area contributed by atoms with Gasteiger partial charge >= 0.3 is 0 Å². The number of fused-ring (bicyclic) bond motifs is 1. The molecule has 3 rings (SSSR count). The molecule has 2 nitrogen and oxygen atoms in total. The first kappa shape index (κ1) is 13.9. The molecular weight excluding hydrogens is 246 g/mol. The molecule has 0 bridgehead atoms. The van der Waals surface area contributed by atoms with Gasteiger partial charge < -0.3 is 10.0 Å². The molecular formula is C18H27NO. The summed E-state index contributed by atoms with van der Waals surface area (Å²) >= 11 is 0. The summed E-state index contributed by atoms with van der Waals surface area (Å²) in [6.07, 6.45) is 4.49. The van der Waals surface area contributed by atoms with Gasteiger partial charge in [-0.3, -0.25) is 0 Å². The molecule has 3 unspecified atom stereocenters. The Balaban J connectivity index is 1.79. The van der Waals surface area contributed by atoms with E-state index in [9.17, 15) is 5.11 Å². The number of benzene rings is 1. The van der Waals surface area contributed by atoms with Gasteiger partial charge in [0.25, 0.3) is 0 Å². The number of aliphatic hydroxyl groups is 1. The van der Waals surface area contributed by atoms with Crippen molar-refractivity contribution in [3.63, 3.8) is 0 Å². The highest BCUT2D eigenvalue weighted by atomic mass is 16.3. The van der Waals surface area contributed by atoms with Crippen LogP contribution in [0.5, 0.6) is 0 Å². The topological polar surface area (TPSA) is 23.5 Å². The lowest BCUT2D eigenvalue weighted by Gasteiger charge is -2.34. The Kier molecular flexibility index (Phi) is 3.76. The monoisotopic (exact) mass is 273 g/mol. The molecule has 2 aliphatic rings. The van der Waals surface area contributed by atoms with Crippen LogP contribution in [0.15, 0.2) is 18.2 Å². The summed E-state index contributed by atoms with van der Waals surface area (Å²) in [4.78, 5) is 2.30. The van der Waals surface area contributed by atoms with Crippen molar-refractivity contribution in [2.45, 2.75) is 45.6 Å². The fourth-order valence-electron chi connectivity index (χ4n) is 4.31. The van der Waals surface area contributed by atoms with Gasteiger partial charge in [-0.05, 0) is 60.6 Å². The molecule has 0 spiro atoms. The molecule has 3 atom stereocenters. The van der Waals surface area contributed by atoms with E-state index < -0.39 is 0 Å². The van der Waals surface area contributed by atoms with Crippen LogP contribution in [-0.2, 0) is 6.42 Å². The SMILES string of the molecule is CC1CC(C)CC(C(O)c2ccc3c(c2)CCN3C)C1. The largest absolute Gasteiger partial charge is 0.388 e. The quantitative estimate of drug-likeness (QED) is 0.886. The fourth-order valence-corrected chi connectivity index (χ4v) is 4.31. The van der Waals surface area contributed by atoms with Crippen LogP contribution < -0.4 is 4.90 Å². The van der Waals surface area contributed by atoms with E-state index in [1.165, 1.54) is 30.5 Å². The van der Waals surface area contributed by atoms with Crippen molar-refractivity contribution in [1.29, 1.82) is 0 Å². The number of nitrogens with zero attached hydrogens (tertiary/aromatic N) is 1. The van der Waals surface area contributed by atoms with Crippen molar-refractivity contribution in [3.05, 3.63) is 29.3 Å². The molecule has 1 heterocycles. The number of rotatable bonds is 2. The molecule has 1 fully saturated rings. The Morgan fingerprint density at radius 1 is 1.15 bits per heavy atom. The Morgan fingerprint density at radius 2 is 1.85 bits per heavy atom. The molecule has 1 aromatic rings. The maximum atomic E-state index is 10.8. The molecule has 1 N–H and O–H groups in total. The third-order valence-corrected chi connectivity index (χ3v) is 5.23. The second-order valence-corrected chi connectivity index (χ2v) is 7.18. The van der Waals surface area contributed by atoms with Crippen LogP contribution in [0.1, 0.15) is 50.3 Å². The Bertz CT molecular complexity index is 474. The molecule has 1 aromatic carbocycles. The van der Waals surface area contributed by atoms with E-state index in [-0.39, 0.29) is 6.10 Å². The fraction of sp³-hybridized carbons (Fsp3) is 0.667. The van der Waals surface area contributed by atoms with Crippen molar-refractivity contribution < 1.29 is 5.11 Å². The number of hydrogen-bond donors (Lipinski definition) is 1. The van der Waals surface area contributed by atoms with Crippen LogP contribution in [-0.4, -0.2) is 18.7 Å². The molecule has 1 saturated carbocycles. The normalized spacial score (nSPS) is 31.2. The average Bonchev–Trinajstić information content (AvgIpc) is 2.78. The van der Waals surface area contributed by atoms with Crippen LogP contribution in [0.4, 0.5) is 5.69 Å². The van der Waals surface area contributed by atoms with Gasteiger partial charge in [-0.15, -0.1) is 0 Å². The van der Waals surface area contributed by atoms with Crippen LogP contribution in [0.25, 0.3) is 0 Å². The van der Waals surface area contributed by atoms with E-state index in [2.05, 4.69) is 44.0 Å². The minimum absolute atomic E-state index is 0.281. The average molecular weight is 273 g/mol. The van der Waals surface area contributed by atoms with Gasteiger partial charge in [0.1, 0.15) is 0 Å². The second kappa shape index (κ2) is 5.40. The zero-order valence-electron chi connectivity index (χ0n) is 13.0. The molecule has 1 aliphatic heterocycles. The van der Waals surface area contributed by atoms with Crippen LogP contribution >= 0.6 is 0 Å². The first-order valence-corrected chi connectivity index (χ1v) is 8.06. The van der Waals surface area contributed by atoms with E-state index in [1.807, 2.05) is 0 Å². The van der Waals surface area contributed by atoms with Crippen molar-refractivity contribution in [3.8, 4) is 0 Å². The Hall–Kier alpha value is -1.02. The first-order valence-electron chi connectivity index (χ1n) is 8.06. The van der Waals surface area contributed by atoms with E-state index in [0.29, 0.717) is 5.92 Å². The molecule has 0 amide bonds. The standard InChI is InChI=1S/C18H27NO/c1-12-8-13(2)10-16(9-12)18(20)15-4-5-17-14(11-15)6-7-19(17)3/h4-5,11-13,16,18,20H,6-10H2,1-3H3. The maximum absolute atomic E-state index is 10.8. The number of anilines is 1. The zero-order chi connectivity index (χ0) is 14.3. The third kappa shape index (κ3) is 2.58. The van der Waals surface area contributed by atoms with Crippen molar-refractivity contribution in [2.24, 2.45) is 17.8 Å². The highest BCUT2D eigenvalue weighted by Crippen LogP contribution is 2.40. The third-order valence-electron chi connectivity index (χ3n) is 5.23. The minimum Gasteiger partial charge on any atom is -0.388 e. The smallest absolute Gasteiger partial charge is 0.0818 e. The predicted molar refractivity (Wildman–Crippen MR) is 84.0 cm³/mol. The number of likely N-dealkylation sites (N-methyl/N-ethyl adjacent to an activating group) is 1. The molecule has 110 valence electrons. The van der Waals surface area contributed by atoms with Gasteiger partial charge in [-0.1, -0.05) is 26.0 Å². The summed E-state index contributed by atoms with van der Waals surface area (Å²) in [5.74, 6) is 1.93. The Labute approximate surface area is 122 Å². The van der Waals surface area contributed by atoms with Crippen molar-refractivity contribution in [1.82, 2.24) is 0 Å². The summed E-state index contributed by atoms with van der Waals surface area (Å²) < 4.78 is 0. The van der Waals surface area contributed by atoms with Crippen LogP contribution in [0.2, 0.25) is 0 Å². The summed E-state index contributed by atoms with van der Waals surface area (Å²) in [5, 5.41) is 10.8. The lowest BCUT2D eigenvalue weighted by Crippen LogP contribution is -2.24. The lowest BCUT2D eigenvalue weighted by atomic mass is 9.73. The lowest BCUT2D eigenvalue weighted by molar-refractivity contribution is 0.0551. The first-order chi connectivity index (χ1) is 9.54. The number of hydrogen-bond acceptors (Lipinski definition) is 2. The summed E-state index contributed by atoms with van der Waals surface area (Å²) in [7, 11) is 2.15. The number of aliphatic hydroxyl groups excluding tert-OH is 1. The van der Waals surface area contributed by atoms with Gasteiger partial charge in [0.05, 0.1) is 6.10 Å². The van der Waals surface area contributed by atoms with E-state index >= 15 is 0 Å². The maximum Gasteiger partial charge on any atom is 0.0818 e. The molecule has 20 heavy (non-hydrogen) atoms. The van der Waals surface area contributed by atoms with Crippen molar-refractivity contribution in [2.75, 3.05) is 18.5 Å². The molecule has 0 radical (unpaired) electrons. The van der Waals surface area contributed by atoms with Crippen LogP contribution in [0.3, 0.4) is 0 Å². The molecule has 0 saturated heterocycles. The second-order valence-electron chi connectivity index (χ2n) is 7.18. The van der Waals surface area contributed by atoms with E-state index in [0.717, 1.165) is 30.4 Å². The molecule has 2 heteroatoms. The summed E-state index contributed by atoms with van der Waals surface area (Å²) in [6, 6.07) is 6.57. The predicted octanol–water partition coefficient (Wildman–Crippen LogP) is 3.78. The van der Waals surface area contributed by atoms with Gasteiger partial charge in [0.15, 0.2) is 0 Å². The van der Waals surface area contributed by atoms with Crippen LogP contribution in [0, 0.1) is 17.8 Å². The molecule has 1 aliphatic carbocycles. The molecule has 0 aromatic heterocycles. The van der Waals surface area contributed by atoms with E-state index in [1.54, 1.807) is 0 Å². The van der Waals surface area contributed by atoms with Gasteiger partial charge in [0, 0.05) is 19.3 Å². The van der Waals surface area contributed by atoms with Gasteiger partial charge in [-0.25, -0.2) is 0 Å². The van der Waals surface area contributed by atoms with E-state index in [4.69, 9.17) is 0 Å². The summed E-state index contributed by atoms with van der Waals surface area (Å²) in [5.41, 5.74) is 3.87. The highest BCUT2D eigenvalue weighted by Gasteiger charge is 2.30. The minimum atomic E-state index is -0.281.